The molecule has 0 aliphatic rings. The zero-order valence-corrected chi connectivity index (χ0v) is 16.0. The lowest BCUT2D eigenvalue weighted by Gasteiger charge is -2.13. The van der Waals surface area contributed by atoms with Crippen molar-refractivity contribution in [3.8, 4) is 5.75 Å². The Labute approximate surface area is 160 Å². The molecule has 0 saturated carbocycles. The van der Waals surface area contributed by atoms with E-state index in [4.69, 9.17) is 33.0 Å². The van der Waals surface area contributed by atoms with Crippen molar-refractivity contribution in [1.29, 1.82) is 0 Å². The molecule has 0 aliphatic carbocycles. The predicted octanol–water partition coefficient (Wildman–Crippen LogP) is 1.42. The maximum absolute atomic E-state index is 8.84. The van der Waals surface area contributed by atoms with Gasteiger partial charge in [-0.3, -0.25) is 0 Å². The van der Waals surface area contributed by atoms with Gasteiger partial charge in [0.1, 0.15) is 12.4 Å². The molecule has 3 nitrogen and oxygen atoms in total. The van der Waals surface area contributed by atoms with Crippen LogP contribution in [-0.2, 0) is 13.2 Å². The van der Waals surface area contributed by atoms with Crippen molar-refractivity contribution < 1.29 is 22.3 Å². The van der Waals surface area contributed by atoms with Crippen LogP contribution in [0.25, 0.3) is 0 Å². The summed E-state index contributed by atoms with van der Waals surface area (Å²) in [5, 5.41) is 13.2. The standard InChI is InChI=1S/C16H16BrCl2NO2.ClH/c17-13-2-4-16(12(7-13)9-20-5-6-21)22-10-11-1-3-14(18)8-15(11)19;/h1-4,7-8,20-21H,5-6,9-10H2;1H/p-1. The van der Waals surface area contributed by atoms with E-state index < -0.39 is 0 Å². The molecule has 0 atom stereocenters. The molecule has 23 heavy (non-hydrogen) atoms. The van der Waals surface area contributed by atoms with E-state index in [1.54, 1.807) is 12.1 Å². The first-order valence-corrected chi connectivity index (χ1v) is 8.32. The third-order valence-electron chi connectivity index (χ3n) is 3.02. The van der Waals surface area contributed by atoms with Crippen LogP contribution >= 0.6 is 39.1 Å². The number of benzene rings is 2. The quantitative estimate of drug-likeness (QED) is 0.640. The van der Waals surface area contributed by atoms with Crippen molar-refractivity contribution in [3.63, 3.8) is 0 Å². The highest BCUT2D eigenvalue weighted by Gasteiger charge is 2.07. The number of hydrogen-bond donors (Lipinski definition) is 2. The largest absolute Gasteiger partial charge is 1.00 e. The number of nitrogens with one attached hydrogen (secondary N) is 1. The molecule has 2 aromatic rings. The zero-order chi connectivity index (χ0) is 15.9. The number of halogens is 4. The lowest BCUT2D eigenvalue weighted by Crippen LogP contribution is -3.00. The van der Waals surface area contributed by atoms with Crippen molar-refractivity contribution in [3.05, 3.63) is 62.0 Å². The topological polar surface area (TPSA) is 41.5 Å². The molecule has 2 aromatic carbocycles. The van der Waals surface area contributed by atoms with E-state index in [0.717, 1.165) is 21.3 Å². The van der Waals surface area contributed by atoms with Crippen LogP contribution in [0.1, 0.15) is 11.1 Å². The van der Waals surface area contributed by atoms with Gasteiger partial charge in [-0.15, -0.1) is 0 Å². The first kappa shape index (κ1) is 20.6. The fourth-order valence-corrected chi connectivity index (χ4v) is 2.79. The molecule has 0 heterocycles. The van der Waals surface area contributed by atoms with Crippen LogP contribution in [0.5, 0.6) is 5.75 Å². The van der Waals surface area contributed by atoms with Gasteiger partial charge in [0, 0.05) is 38.7 Å². The summed E-state index contributed by atoms with van der Waals surface area (Å²) in [5.41, 5.74) is 1.89. The molecule has 0 aliphatic heterocycles. The van der Waals surface area contributed by atoms with Gasteiger partial charge >= 0.3 is 0 Å². The van der Waals surface area contributed by atoms with Gasteiger partial charge in [0.25, 0.3) is 0 Å². The summed E-state index contributed by atoms with van der Waals surface area (Å²) in [7, 11) is 0. The monoisotopic (exact) mass is 438 g/mol. The summed E-state index contributed by atoms with van der Waals surface area (Å²) in [5.74, 6) is 0.777. The molecule has 0 aromatic heterocycles. The molecule has 0 saturated heterocycles. The Kier molecular flexibility index (Phi) is 9.29. The fraction of sp³-hybridized carbons (Fsp3) is 0.250. The molecule has 2 N–H and O–H groups in total. The highest BCUT2D eigenvalue weighted by atomic mass is 79.9. The summed E-state index contributed by atoms with van der Waals surface area (Å²) in [4.78, 5) is 0. The summed E-state index contributed by atoms with van der Waals surface area (Å²) < 4.78 is 6.86. The SMILES string of the molecule is OCCNCc1cc(Br)ccc1OCc1ccc(Cl)cc1Cl.[Cl-]. The van der Waals surface area contributed by atoms with Crippen LogP contribution in [0.2, 0.25) is 10.0 Å². The second kappa shape index (κ2) is 10.4. The second-order valence-corrected chi connectivity index (χ2v) is 6.44. The average molecular weight is 441 g/mol. The van der Waals surface area contributed by atoms with E-state index in [1.807, 2.05) is 24.3 Å². The second-order valence-electron chi connectivity index (χ2n) is 4.68. The Bertz CT molecular complexity index is 641. The molecule has 0 radical (unpaired) electrons. The van der Waals surface area contributed by atoms with E-state index in [1.165, 1.54) is 0 Å². The highest BCUT2D eigenvalue weighted by molar-refractivity contribution is 9.10. The first-order chi connectivity index (χ1) is 10.6. The van der Waals surface area contributed by atoms with Gasteiger partial charge in [-0.25, -0.2) is 0 Å². The van der Waals surface area contributed by atoms with E-state index in [2.05, 4.69) is 21.2 Å². The van der Waals surface area contributed by atoms with Crippen LogP contribution in [-0.4, -0.2) is 18.3 Å². The smallest absolute Gasteiger partial charge is 0.124 e. The summed E-state index contributed by atoms with van der Waals surface area (Å²) in [6.07, 6.45) is 0. The fourth-order valence-electron chi connectivity index (χ4n) is 1.92. The maximum atomic E-state index is 8.84. The number of aliphatic hydroxyl groups is 1. The van der Waals surface area contributed by atoms with Gasteiger partial charge < -0.3 is 27.6 Å². The normalized spacial score (nSPS) is 10.3. The molecular formula is C16H16BrCl3NO2-. The number of rotatable bonds is 7. The molecule has 0 unspecified atom stereocenters. The van der Waals surface area contributed by atoms with Gasteiger partial charge in [0.15, 0.2) is 0 Å². The summed E-state index contributed by atoms with van der Waals surface area (Å²) >= 11 is 15.5. The van der Waals surface area contributed by atoms with E-state index >= 15 is 0 Å². The van der Waals surface area contributed by atoms with Crippen LogP contribution < -0.4 is 22.5 Å². The minimum absolute atomic E-state index is 0. The van der Waals surface area contributed by atoms with Gasteiger partial charge in [-0.1, -0.05) is 45.2 Å². The van der Waals surface area contributed by atoms with Gasteiger partial charge in [0.05, 0.1) is 6.61 Å². The molecule has 7 heteroatoms. The van der Waals surface area contributed by atoms with Crippen LogP contribution in [0, 0.1) is 0 Å². The van der Waals surface area contributed by atoms with E-state index in [0.29, 0.717) is 29.7 Å². The summed E-state index contributed by atoms with van der Waals surface area (Å²) in [6.45, 7) is 1.62. The highest BCUT2D eigenvalue weighted by Crippen LogP contribution is 2.26. The molecule has 126 valence electrons. The van der Waals surface area contributed by atoms with Crippen molar-refractivity contribution in [2.45, 2.75) is 13.2 Å². The first-order valence-electron chi connectivity index (χ1n) is 6.77. The Morgan fingerprint density at radius 3 is 2.57 bits per heavy atom. The molecule has 2 rings (SSSR count). The van der Waals surface area contributed by atoms with Crippen molar-refractivity contribution >= 4 is 39.1 Å². The van der Waals surface area contributed by atoms with Crippen molar-refractivity contribution in [2.75, 3.05) is 13.2 Å². The molecule has 0 amide bonds. The minimum Gasteiger partial charge on any atom is -1.00 e. The molecular weight excluding hydrogens is 424 g/mol. The number of aliphatic hydroxyl groups excluding tert-OH is 1. The Balaban J connectivity index is 0.00000264. The molecule has 0 spiro atoms. The Morgan fingerprint density at radius 2 is 1.87 bits per heavy atom. The Morgan fingerprint density at radius 1 is 1.09 bits per heavy atom. The molecule has 0 fully saturated rings. The lowest BCUT2D eigenvalue weighted by molar-refractivity contribution is -0.00000555. The number of ether oxygens (including phenoxy) is 1. The zero-order valence-electron chi connectivity index (χ0n) is 12.2. The van der Waals surface area contributed by atoms with Gasteiger partial charge in [-0.05, 0) is 30.3 Å². The van der Waals surface area contributed by atoms with Crippen molar-refractivity contribution in [2.24, 2.45) is 0 Å². The van der Waals surface area contributed by atoms with Gasteiger partial charge in [-0.2, -0.15) is 0 Å². The lowest BCUT2D eigenvalue weighted by atomic mass is 10.2. The Hall–Kier alpha value is -0.490. The van der Waals surface area contributed by atoms with Crippen molar-refractivity contribution in [1.82, 2.24) is 5.32 Å². The van der Waals surface area contributed by atoms with E-state index in [9.17, 15) is 0 Å². The average Bonchev–Trinajstić information content (AvgIpc) is 2.48. The van der Waals surface area contributed by atoms with Crippen LogP contribution in [0.15, 0.2) is 40.9 Å². The van der Waals surface area contributed by atoms with E-state index in [-0.39, 0.29) is 19.0 Å². The van der Waals surface area contributed by atoms with Crippen LogP contribution in [0.4, 0.5) is 0 Å². The predicted molar refractivity (Wildman–Crippen MR) is 93.7 cm³/mol. The minimum atomic E-state index is 0. The summed E-state index contributed by atoms with van der Waals surface area (Å²) in [6, 6.07) is 11.2. The van der Waals surface area contributed by atoms with Crippen LogP contribution in [0.3, 0.4) is 0 Å². The van der Waals surface area contributed by atoms with Gasteiger partial charge in [0.2, 0.25) is 0 Å². The third-order valence-corrected chi connectivity index (χ3v) is 4.11. The maximum Gasteiger partial charge on any atom is 0.124 e. The third kappa shape index (κ3) is 6.49. The number of hydrogen-bond acceptors (Lipinski definition) is 3. The molecule has 0 bridgehead atoms.